The van der Waals surface area contributed by atoms with Gasteiger partial charge in [-0.3, -0.25) is 4.79 Å². The molecule has 24 heavy (non-hydrogen) atoms. The third-order valence-corrected chi connectivity index (χ3v) is 4.35. The molecule has 8 heteroatoms. The van der Waals surface area contributed by atoms with E-state index < -0.39 is 6.10 Å². The number of amides is 1. The zero-order valence-corrected chi connectivity index (χ0v) is 13.5. The molecule has 0 saturated heterocycles. The molecule has 1 N–H and O–H groups in total. The number of aromatic nitrogens is 2. The van der Waals surface area contributed by atoms with E-state index in [2.05, 4.69) is 15.5 Å². The highest BCUT2D eigenvalue weighted by atomic mass is 32.1. The number of hydrogen-bond acceptors (Lipinski definition) is 7. The predicted octanol–water partition coefficient (Wildman–Crippen LogP) is 2.89. The molecule has 1 aromatic carbocycles. The number of anilines is 1. The van der Waals surface area contributed by atoms with E-state index in [0.29, 0.717) is 33.8 Å². The van der Waals surface area contributed by atoms with Crippen molar-refractivity contribution in [3.8, 4) is 22.3 Å². The highest BCUT2D eigenvalue weighted by molar-refractivity contribution is 7.14. The number of ether oxygens (including phenoxy) is 2. The number of carbonyl (C=O) groups is 1. The molecule has 7 nitrogen and oxygen atoms in total. The number of rotatable bonds is 3. The van der Waals surface area contributed by atoms with Crippen molar-refractivity contribution >= 4 is 22.9 Å². The quantitative estimate of drug-likeness (QED) is 0.787. The highest BCUT2D eigenvalue weighted by Crippen LogP contribution is 2.34. The zero-order valence-electron chi connectivity index (χ0n) is 12.7. The van der Waals surface area contributed by atoms with Crippen LogP contribution in [0.5, 0.6) is 11.5 Å². The third-order valence-electron chi connectivity index (χ3n) is 3.45. The first-order valence-electron chi connectivity index (χ1n) is 7.28. The second-order valence-corrected chi connectivity index (χ2v) is 6.08. The van der Waals surface area contributed by atoms with Gasteiger partial charge in [-0.2, -0.15) is 4.98 Å². The molecule has 1 unspecified atom stereocenters. The van der Waals surface area contributed by atoms with Crippen LogP contribution in [0.4, 0.5) is 5.69 Å². The summed E-state index contributed by atoms with van der Waals surface area (Å²) >= 11 is 1.41. The van der Waals surface area contributed by atoms with Gasteiger partial charge < -0.3 is 19.3 Å². The van der Waals surface area contributed by atoms with Gasteiger partial charge in [-0.25, -0.2) is 0 Å². The Labute approximate surface area is 141 Å². The van der Waals surface area contributed by atoms with Gasteiger partial charge in [0.25, 0.3) is 11.8 Å². The minimum atomic E-state index is -0.725. The predicted molar refractivity (Wildman–Crippen MR) is 87.3 cm³/mol. The molecule has 3 heterocycles. The number of aryl methyl sites for hydroxylation is 1. The van der Waals surface area contributed by atoms with Gasteiger partial charge in [0.15, 0.2) is 17.3 Å². The normalized spacial score (nSPS) is 16.0. The number of para-hydroxylation sites is 2. The van der Waals surface area contributed by atoms with Crippen LogP contribution in [0.25, 0.3) is 10.8 Å². The summed E-state index contributed by atoms with van der Waals surface area (Å²) in [7, 11) is 0. The molecule has 0 spiro atoms. The van der Waals surface area contributed by atoms with E-state index in [1.165, 1.54) is 11.3 Å². The number of benzene rings is 1. The van der Waals surface area contributed by atoms with E-state index in [1.807, 2.05) is 17.5 Å². The van der Waals surface area contributed by atoms with Gasteiger partial charge in [-0.1, -0.05) is 17.3 Å². The summed E-state index contributed by atoms with van der Waals surface area (Å²) in [6.45, 7) is 1.89. The maximum atomic E-state index is 12.5. The van der Waals surface area contributed by atoms with Crippen molar-refractivity contribution in [3.63, 3.8) is 0 Å². The van der Waals surface area contributed by atoms with E-state index in [1.54, 1.807) is 25.1 Å². The first kappa shape index (κ1) is 14.7. The van der Waals surface area contributed by atoms with E-state index in [-0.39, 0.29) is 12.5 Å². The summed E-state index contributed by atoms with van der Waals surface area (Å²) in [5.41, 5.74) is 0.608. The topological polar surface area (TPSA) is 86.5 Å². The van der Waals surface area contributed by atoms with Crippen LogP contribution in [0.1, 0.15) is 5.82 Å². The summed E-state index contributed by atoms with van der Waals surface area (Å²) in [5.74, 6) is 1.82. The van der Waals surface area contributed by atoms with Gasteiger partial charge in [0.05, 0.1) is 5.69 Å². The fourth-order valence-corrected chi connectivity index (χ4v) is 3.09. The average Bonchev–Trinajstić information content (AvgIpc) is 3.23. The fraction of sp³-hybridized carbons (Fsp3) is 0.188. The molecule has 1 amide bonds. The van der Waals surface area contributed by atoms with Crippen LogP contribution >= 0.6 is 11.3 Å². The fourth-order valence-electron chi connectivity index (χ4n) is 2.32. The molecule has 0 radical (unpaired) electrons. The van der Waals surface area contributed by atoms with E-state index in [9.17, 15) is 4.79 Å². The molecule has 1 atom stereocenters. The molecular formula is C16H13N3O4S. The number of hydrogen-bond donors (Lipinski definition) is 1. The van der Waals surface area contributed by atoms with Gasteiger partial charge in [0.2, 0.25) is 6.10 Å². The molecular weight excluding hydrogens is 330 g/mol. The minimum absolute atomic E-state index is 0.155. The molecule has 122 valence electrons. The highest BCUT2D eigenvalue weighted by Gasteiger charge is 2.28. The van der Waals surface area contributed by atoms with Crippen molar-refractivity contribution in [1.29, 1.82) is 0 Å². The number of fused-ring (bicyclic) bond motifs is 1. The Balaban J connectivity index is 1.51. The van der Waals surface area contributed by atoms with Crippen LogP contribution in [0.3, 0.4) is 0 Å². The van der Waals surface area contributed by atoms with Gasteiger partial charge in [0.1, 0.15) is 11.5 Å². The lowest BCUT2D eigenvalue weighted by Gasteiger charge is -2.25. The van der Waals surface area contributed by atoms with Crippen molar-refractivity contribution in [3.05, 3.63) is 41.5 Å². The van der Waals surface area contributed by atoms with Gasteiger partial charge in [0, 0.05) is 0 Å². The summed E-state index contributed by atoms with van der Waals surface area (Å²) in [6.07, 6.45) is -0.725. The molecule has 4 rings (SSSR count). The first-order valence-corrected chi connectivity index (χ1v) is 8.16. The van der Waals surface area contributed by atoms with E-state index in [4.69, 9.17) is 14.0 Å². The maximum Gasteiger partial charge on any atom is 0.270 e. The van der Waals surface area contributed by atoms with Crippen molar-refractivity contribution in [1.82, 2.24) is 10.1 Å². The Morgan fingerprint density at radius 2 is 2.12 bits per heavy atom. The lowest BCUT2D eigenvalue weighted by molar-refractivity contribution is -0.125. The minimum Gasteiger partial charge on any atom is -0.485 e. The average molecular weight is 343 g/mol. The Morgan fingerprint density at radius 1 is 1.29 bits per heavy atom. The number of carbonyl (C=O) groups excluding carboxylic acids is 1. The zero-order chi connectivity index (χ0) is 16.5. The smallest absolute Gasteiger partial charge is 0.270 e. The molecule has 0 aliphatic carbocycles. The summed E-state index contributed by atoms with van der Waals surface area (Å²) in [5, 5.41) is 8.45. The van der Waals surface area contributed by atoms with Crippen molar-refractivity contribution in [2.24, 2.45) is 0 Å². The number of nitrogens with one attached hydrogen (secondary N) is 1. The van der Waals surface area contributed by atoms with E-state index >= 15 is 0 Å². The van der Waals surface area contributed by atoms with Crippen LogP contribution in [0.2, 0.25) is 0 Å². The molecule has 0 saturated carbocycles. The monoisotopic (exact) mass is 343 g/mol. The second kappa shape index (κ2) is 5.97. The second-order valence-electron chi connectivity index (χ2n) is 5.16. The van der Waals surface area contributed by atoms with Crippen molar-refractivity contribution < 1.29 is 18.8 Å². The van der Waals surface area contributed by atoms with Crippen LogP contribution in [0.15, 0.2) is 40.2 Å². The molecule has 0 bridgehead atoms. The van der Waals surface area contributed by atoms with Crippen molar-refractivity contribution in [2.75, 3.05) is 11.9 Å². The Morgan fingerprint density at radius 3 is 2.92 bits per heavy atom. The maximum absolute atomic E-state index is 12.5. The van der Waals surface area contributed by atoms with Crippen LogP contribution in [-0.4, -0.2) is 28.8 Å². The molecule has 1 aliphatic rings. The molecule has 0 fully saturated rings. The first-order chi connectivity index (χ1) is 11.7. The van der Waals surface area contributed by atoms with Crippen LogP contribution < -0.4 is 14.8 Å². The van der Waals surface area contributed by atoms with E-state index in [0.717, 1.165) is 0 Å². The number of nitrogens with zero attached hydrogens (tertiary/aromatic N) is 2. The largest absolute Gasteiger partial charge is 0.485 e. The Bertz CT molecular complexity index is 889. The van der Waals surface area contributed by atoms with Gasteiger partial charge >= 0.3 is 0 Å². The van der Waals surface area contributed by atoms with Gasteiger partial charge in [-0.15, -0.1) is 11.3 Å². The van der Waals surface area contributed by atoms with Crippen LogP contribution in [0, 0.1) is 6.92 Å². The molecule has 1 aliphatic heterocycles. The number of thiophene rings is 1. The van der Waals surface area contributed by atoms with Crippen molar-refractivity contribution in [2.45, 2.75) is 13.0 Å². The Kier molecular flexibility index (Phi) is 3.66. The summed E-state index contributed by atoms with van der Waals surface area (Å²) in [6, 6.07) is 9.05. The lowest BCUT2D eigenvalue weighted by Crippen LogP contribution is -2.40. The Hall–Kier alpha value is -2.87. The summed E-state index contributed by atoms with van der Waals surface area (Å²) < 4.78 is 16.4. The van der Waals surface area contributed by atoms with Crippen LogP contribution in [-0.2, 0) is 4.79 Å². The summed E-state index contributed by atoms with van der Waals surface area (Å²) in [4.78, 5) is 17.4. The SMILES string of the molecule is Cc1noc(-c2sccc2NC(=O)C2COc3ccccc3O2)n1. The molecule has 2 aromatic heterocycles. The van der Waals surface area contributed by atoms with Gasteiger partial charge in [-0.05, 0) is 30.5 Å². The lowest BCUT2D eigenvalue weighted by atomic mass is 10.2. The molecule has 3 aromatic rings. The standard InChI is InChI=1S/C16H13N3O4S/c1-9-17-16(23-19-9)14-10(6-7-24-14)18-15(20)13-8-21-11-4-2-3-5-12(11)22-13/h2-7,13H,8H2,1H3,(H,18,20). The third kappa shape index (κ3) is 2.71.